The molecule has 0 radical (unpaired) electrons. The van der Waals surface area contributed by atoms with Gasteiger partial charge in [0.05, 0.1) is 18.3 Å². The first-order chi connectivity index (χ1) is 12.3. The first-order valence-corrected chi connectivity index (χ1v) is 10.2. The van der Waals surface area contributed by atoms with Crippen molar-refractivity contribution >= 4 is 11.8 Å². The SMILES string of the molecule is CO[C@]1(c2cccc(Sc3ccc(C(C)(C)C)cc3)c2)CCO[C@@H](C)C1. The van der Waals surface area contributed by atoms with Gasteiger partial charge < -0.3 is 9.47 Å². The summed E-state index contributed by atoms with van der Waals surface area (Å²) in [5, 5.41) is 0. The van der Waals surface area contributed by atoms with Crippen molar-refractivity contribution in [3.63, 3.8) is 0 Å². The van der Waals surface area contributed by atoms with Gasteiger partial charge in [0.2, 0.25) is 0 Å². The maximum Gasteiger partial charge on any atom is 0.0974 e. The number of rotatable bonds is 4. The van der Waals surface area contributed by atoms with Crippen LogP contribution >= 0.6 is 11.8 Å². The van der Waals surface area contributed by atoms with E-state index >= 15 is 0 Å². The second-order valence-electron chi connectivity index (χ2n) is 8.24. The van der Waals surface area contributed by atoms with Crippen molar-refractivity contribution in [1.29, 1.82) is 0 Å². The molecule has 1 aliphatic heterocycles. The zero-order chi connectivity index (χ0) is 18.8. The van der Waals surface area contributed by atoms with E-state index in [4.69, 9.17) is 9.47 Å². The minimum atomic E-state index is -0.232. The molecule has 0 saturated carbocycles. The van der Waals surface area contributed by atoms with Gasteiger partial charge in [-0.2, -0.15) is 0 Å². The van der Waals surface area contributed by atoms with Crippen LogP contribution in [0.4, 0.5) is 0 Å². The predicted octanol–water partition coefficient (Wildman–Crippen LogP) is 6.18. The predicted molar refractivity (Wildman–Crippen MR) is 109 cm³/mol. The van der Waals surface area contributed by atoms with Crippen molar-refractivity contribution in [3.8, 4) is 0 Å². The van der Waals surface area contributed by atoms with Gasteiger partial charge in [-0.05, 0) is 47.7 Å². The molecule has 3 heteroatoms. The molecular weight excluding hydrogens is 340 g/mol. The Bertz CT molecular complexity index is 733. The first kappa shape index (κ1) is 19.5. The third-order valence-electron chi connectivity index (χ3n) is 5.23. The lowest BCUT2D eigenvalue weighted by Gasteiger charge is -2.39. The fourth-order valence-electron chi connectivity index (χ4n) is 3.62. The molecule has 0 bridgehead atoms. The van der Waals surface area contributed by atoms with Gasteiger partial charge in [-0.15, -0.1) is 0 Å². The Kier molecular flexibility index (Phi) is 5.81. The maximum absolute atomic E-state index is 6.00. The quantitative estimate of drug-likeness (QED) is 0.640. The van der Waals surface area contributed by atoms with E-state index in [1.54, 1.807) is 0 Å². The third-order valence-corrected chi connectivity index (χ3v) is 6.23. The van der Waals surface area contributed by atoms with Crippen LogP contribution < -0.4 is 0 Å². The minimum Gasteiger partial charge on any atom is -0.378 e. The molecule has 1 heterocycles. The highest BCUT2D eigenvalue weighted by Gasteiger charge is 2.37. The Balaban J connectivity index is 1.81. The van der Waals surface area contributed by atoms with Crippen LogP contribution in [0.1, 0.15) is 51.7 Å². The Morgan fingerprint density at radius 1 is 1.08 bits per heavy atom. The lowest BCUT2D eigenvalue weighted by molar-refractivity contribution is -0.122. The van der Waals surface area contributed by atoms with Crippen LogP contribution in [0.25, 0.3) is 0 Å². The highest BCUT2D eigenvalue weighted by Crippen LogP contribution is 2.40. The fourth-order valence-corrected chi connectivity index (χ4v) is 4.49. The molecule has 2 atom stereocenters. The highest BCUT2D eigenvalue weighted by molar-refractivity contribution is 7.99. The standard InChI is InChI=1S/C23H30O2S/c1-17-16-23(24-5,13-14-25-17)19-7-6-8-21(15-19)26-20-11-9-18(10-12-20)22(2,3)4/h6-12,15,17H,13-14,16H2,1-5H3/t17-,23+/m0/s1. The van der Waals surface area contributed by atoms with Gasteiger partial charge in [0.15, 0.2) is 0 Å². The zero-order valence-corrected chi connectivity index (χ0v) is 17.4. The van der Waals surface area contributed by atoms with Crippen molar-refractivity contribution in [3.05, 3.63) is 59.7 Å². The Morgan fingerprint density at radius 2 is 1.81 bits per heavy atom. The third kappa shape index (κ3) is 4.33. The summed E-state index contributed by atoms with van der Waals surface area (Å²) in [6, 6.07) is 17.7. The normalized spacial score (nSPS) is 23.8. The van der Waals surface area contributed by atoms with Gasteiger partial charge in [0.25, 0.3) is 0 Å². The van der Waals surface area contributed by atoms with Crippen LogP contribution in [0.5, 0.6) is 0 Å². The number of benzene rings is 2. The van der Waals surface area contributed by atoms with E-state index in [1.807, 2.05) is 18.9 Å². The summed E-state index contributed by atoms with van der Waals surface area (Å²) in [5.41, 5.74) is 2.58. The van der Waals surface area contributed by atoms with Crippen LogP contribution in [0.2, 0.25) is 0 Å². The molecule has 1 saturated heterocycles. The maximum atomic E-state index is 6.00. The molecule has 1 fully saturated rings. The summed E-state index contributed by atoms with van der Waals surface area (Å²) >= 11 is 1.81. The molecule has 0 spiro atoms. The van der Waals surface area contributed by atoms with Crippen molar-refractivity contribution in [2.24, 2.45) is 0 Å². The molecule has 0 aromatic heterocycles. The van der Waals surface area contributed by atoms with Crippen LogP contribution in [0, 0.1) is 0 Å². The number of hydrogen-bond donors (Lipinski definition) is 0. The molecule has 3 rings (SSSR count). The van der Waals surface area contributed by atoms with E-state index in [0.717, 1.165) is 19.4 Å². The van der Waals surface area contributed by atoms with E-state index < -0.39 is 0 Å². The van der Waals surface area contributed by atoms with Crippen LogP contribution in [0.3, 0.4) is 0 Å². The molecule has 2 aromatic carbocycles. The lowest BCUT2D eigenvalue weighted by Crippen LogP contribution is -2.39. The van der Waals surface area contributed by atoms with E-state index in [0.29, 0.717) is 0 Å². The summed E-state index contributed by atoms with van der Waals surface area (Å²) in [4.78, 5) is 2.52. The average molecular weight is 371 g/mol. The van der Waals surface area contributed by atoms with Gasteiger partial charge in [0.1, 0.15) is 0 Å². The molecular formula is C23H30O2S. The highest BCUT2D eigenvalue weighted by atomic mass is 32.2. The Labute approximate surface area is 162 Å². The van der Waals surface area contributed by atoms with E-state index in [2.05, 4.69) is 76.2 Å². The van der Waals surface area contributed by atoms with Crippen LogP contribution in [-0.4, -0.2) is 19.8 Å². The van der Waals surface area contributed by atoms with Gasteiger partial charge in [-0.25, -0.2) is 0 Å². The largest absolute Gasteiger partial charge is 0.378 e. The number of ether oxygens (including phenoxy) is 2. The lowest BCUT2D eigenvalue weighted by atomic mass is 9.84. The number of hydrogen-bond acceptors (Lipinski definition) is 3. The Hall–Kier alpha value is -1.29. The molecule has 26 heavy (non-hydrogen) atoms. The summed E-state index contributed by atoms with van der Waals surface area (Å²) in [7, 11) is 1.82. The number of methoxy groups -OCH3 is 1. The molecule has 0 aliphatic carbocycles. The van der Waals surface area contributed by atoms with Crippen LogP contribution in [0.15, 0.2) is 58.3 Å². The molecule has 2 nitrogen and oxygen atoms in total. The van der Waals surface area contributed by atoms with Gasteiger partial charge >= 0.3 is 0 Å². The summed E-state index contributed by atoms with van der Waals surface area (Å²) < 4.78 is 11.7. The fraction of sp³-hybridized carbons (Fsp3) is 0.478. The topological polar surface area (TPSA) is 18.5 Å². The molecule has 0 unspecified atom stereocenters. The summed E-state index contributed by atoms with van der Waals surface area (Å²) in [6.07, 6.45) is 2.03. The molecule has 0 amide bonds. The zero-order valence-electron chi connectivity index (χ0n) is 16.5. The minimum absolute atomic E-state index is 0.188. The van der Waals surface area contributed by atoms with Gasteiger partial charge in [-0.3, -0.25) is 0 Å². The van der Waals surface area contributed by atoms with Crippen molar-refractivity contribution in [2.75, 3.05) is 13.7 Å². The average Bonchev–Trinajstić information content (AvgIpc) is 2.61. The van der Waals surface area contributed by atoms with Crippen molar-refractivity contribution in [1.82, 2.24) is 0 Å². The monoisotopic (exact) mass is 370 g/mol. The van der Waals surface area contributed by atoms with Crippen molar-refractivity contribution < 1.29 is 9.47 Å². The van der Waals surface area contributed by atoms with E-state index in [1.165, 1.54) is 20.9 Å². The molecule has 1 aliphatic rings. The van der Waals surface area contributed by atoms with Crippen LogP contribution in [-0.2, 0) is 20.5 Å². The van der Waals surface area contributed by atoms with E-state index in [9.17, 15) is 0 Å². The summed E-state index contributed by atoms with van der Waals surface area (Å²) in [5.74, 6) is 0. The molecule has 140 valence electrons. The first-order valence-electron chi connectivity index (χ1n) is 9.38. The van der Waals surface area contributed by atoms with E-state index in [-0.39, 0.29) is 17.1 Å². The summed E-state index contributed by atoms with van der Waals surface area (Å²) in [6.45, 7) is 9.62. The smallest absolute Gasteiger partial charge is 0.0974 e. The van der Waals surface area contributed by atoms with Crippen molar-refractivity contribution in [2.45, 2.75) is 67.4 Å². The molecule has 0 N–H and O–H groups in total. The molecule has 2 aromatic rings. The Morgan fingerprint density at radius 3 is 2.42 bits per heavy atom. The second kappa shape index (κ2) is 7.75. The van der Waals surface area contributed by atoms with Gasteiger partial charge in [0, 0.05) is 29.7 Å². The van der Waals surface area contributed by atoms with Gasteiger partial charge in [-0.1, -0.05) is 56.8 Å². The second-order valence-corrected chi connectivity index (χ2v) is 9.39.